The Balaban J connectivity index is 2.36. The van der Waals surface area contributed by atoms with Gasteiger partial charge < -0.3 is 5.11 Å². The van der Waals surface area contributed by atoms with Gasteiger partial charge in [-0.1, -0.05) is 33.8 Å². The van der Waals surface area contributed by atoms with Crippen LogP contribution in [0.3, 0.4) is 0 Å². The molecular weight excluding hydrogens is 326 g/mol. The molecule has 0 aliphatic rings. The summed E-state index contributed by atoms with van der Waals surface area (Å²) in [5.41, 5.74) is 0.799. The second-order valence-corrected chi connectivity index (χ2v) is 5.72. The Morgan fingerprint density at radius 3 is 2.74 bits per heavy atom. The molecule has 19 heavy (non-hydrogen) atoms. The lowest BCUT2D eigenvalue weighted by atomic mass is 10.2. The van der Waals surface area contributed by atoms with E-state index in [1.807, 2.05) is 12.1 Å². The molecule has 94 valence electrons. The van der Waals surface area contributed by atoms with Crippen LogP contribution in [0.5, 0.6) is 0 Å². The molecular formula is C14H8BrNO2S. The lowest BCUT2D eigenvalue weighted by molar-refractivity contribution is 0.0696. The van der Waals surface area contributed by atoms with E-state index in [4.69, 9.17) is 10.4 Å². The summed E-state index contributed by atoms with van der Waals surface area (Å²) in [7, 11) is 0. The van der Waals surface area contributed by atoms with E-state index >= 15 is 0 Å². The minimum Gasteiger partial charge on any atom is -0.478 e. The molecule has 0 atom stereocenters. The third-order valence-corrected chi connectivity index (χ3v) is 3.91. The van der Waals surface area contributed by atoms with E-state index in [9.17, 15) is 4.79 Å². The average molecular weight is 334 g/mol. The Morgan fingerprint density at radius 2 is 2.05 bits per heavy atom. The molecule has 0 fully saturated rings. The molecule has 0 aromatic heterocycles. The SMILES string of the molecule is N#Cc1ccc(Br)cc1Sc1cccc(C(=O)O)c1. The molecule has 0 saturated carbocycles. The zero-order valence-electron chi connectivity index (χ0n) is 9.63. The first-order chi connectivity index (χ1) is 9.10. The molecule has 0 saturated heterocycles. The van der Waals surface area contributed by atoms with Gasteiger partial charge in [0.05, 0.1) is 11.1 Å². The summed E-state index contributed by atoms with van der Waals surface area (Å²) in [5, 5.41) is 18.0. The van der Waals surface area contributed by atoms with Gasteiger partial charge in [-0.2, -0.15) is 5.26 Å². The highest BCUT2D eigenvalue weighted by Gasteiger charge is 2.08. The van der Waals surface area contributed by atoms with Gasteiger partial charge in [0.15, 0.2) is 0 Å². The van der Waals surface area contributed by atoms with Gasteiger partial charge in [-0.05, 0) is 36.4 Å². The largest absolute Gasteiger partial charge is 0.478 e. The maximum atomic E-state index is 10.9. The van der Waals surface area contributed by atoms with Crippen molar-refractivity contribution in [1.82, 2.24) is 0 Å². The van der Waals surface area contributed by atoms with Gasteiger partial charge in [-0.3, -0.25) is 0 Å². The lowest BCUT2D eigenvalue weighted by Gasteiger charge is -2.05. The molecule has 0 aliphatic heterocycles. The number of nitriles is 1. The number of aromatic carboxylic acids is 1. The van der Waals surface area contributed by atoms with Gasteiger partial charge in [0, 0.05) is 14.3 Å². The van der Waals surface area contributed by atoms with Crippen LogP contribution < -0.4 is 0 Å². The van der Waals surface area contributed by atoms with E-state index in [0.717, 1.165) is 14.3 Å². The number of carbonyl (C=O) groups is 1. The summed E-state index contributed by atoms with van der Waals surface area (Å²) in [4.78, 5) is 12.5. The van der Waals surface area contributed by atoms with Crippen LogP contribution in [0.1, 0.15) is 15.9 Å². The van der Waals surface area contributed by atoms with Crippen LogP contribution in [0.2, 0.25) is 0 Å². The highest BCUT2D eigenvalue weighted by molar-refractivity contribution is 9.10. The molecule has 0 heterocycles. The van der Waals surface area contributed by atoms with Crippen molar-refractivity contribution >= 4 is 33.7 Å². The third kappa shape index (κ3) is 3.37. The summed E-state index contributed by atoms with van der Waals surface area (Å²) >= 11 is 4.73. The summed E-state index contributed by atoms with van der Waals surface area (Å²) in [5.74, 6) is -0.961. The van der Waals surface area contributed by atoms with Gasteiger partial charge in [0.1, 0.15) is 6.07 Å². The van der Waals surface area contributed by atoms with E-state index in [1.165, 1.54) is 11.8 Å². The fourth-order valence-electron chi connectivity index (χ4n) is 1.49. The highest BCUT2D eigenvalue weighted by atomic mass is 79.9. The first-order valence-corrected chi connectivity index (χ1v) is 6.92. The molecule has 2 aromatic carbocycles. The Labute approximate surface area is 123 Å². The topological polar surface area (TPSA) is 61.1 Å². The van der Waals surface area contributed by atoms with Crippen molar-refractivity contribution < 1.29 is 9.90 Å². The van der Waals surface area contributed by atoms with Crippen molar-refractivity contribution in [3.8, 4) is 6.07 Å². The fraction of sp³-hybridized carbons (Fsp3) is 0. The van der Waals surface area contributed by atoms with E-state index in [1.54, 1.807) is 30.3 Å². The number of nitrogens with zero attached hydrogens (tertiary/aromatic N) is 1. The average Bonchev–Trinajstić information content (AvgIpc) is 2.39. The van der Waals surface area contributed by atoms with Crippen LogP contribution in [0.25, 0.3) is 0 Å². The molecule has 0 unspecified atom stereocenters. The maximum Gasteiger partial charge on any atom is 0.335 e. The number of carboxylic acids is 1. The molecule has 0 spiro atoms. The minimum absolute atomic E-state index is 0.235. The summed E-state index contributed by atoms with van der Waals surface area (Å²) in [6.45, 7) is 0. The van der Waals surface area contributed by atoms with Gasteiger partial charge in [0.25, 0.3) is 0 Å². The first-order valence-electron chi connectivity index (χ1n) is 5.31. The molecule has 2 rings (SSSR count). The number of benzene rings is 2. The first kappa shape index (κ1) is 13.7. The Hall–Kier alpha value is -1.77. The predicted octanol–water partition coefficient (Wildman–Crippen LogP) is 4.17. The zero-order chi connectivity index (χ0) is 13.8. The second kappa shape index (κ2) is 5.91. The van der Waals surface area contributed by atoms with Crippen molar-refractivity contribution in [3.05, 3.63) is 58.1 Å². The Bertz CT molecular complexity index is 679. The molecule has 0 aliphatic carbocycles. The minimum atomic E-state index is -0.961. The van der Waals surface area contributed by atoms with Gasteiger partial charge in [0.2, 0.25) is 0 Å². The van der Waals surface area contributed by atoms with Gasteiger partial charge in [-0.15, -0.1) is 0 Å². The molecule has 3 nitrogen and oxygen atoms in total. The van der Waals surface area contributed by atoms with E-state index < -0.39 is 5.97 Å². The van der Waals surface area contributed by atoms with Crippen LogP contribution in [-0.2, 0) is 0 Å². The van der Waals surface area contributed by atoms with Crippen LogP contribution in [0, 0.1) is 11.3 Å². The zero-order valence-corrected chi connectivity index (χ0v) is 12.0. The summed E-state index contributed by atoms with van der Waals surface area (Å²) in [6, 6.07) is 14.1. The van der Waals surface area contributed by atoms with Crippen molar-refractivity contribution in [2.24, 2.45) is 0 Å². The number of rotatable bonds is 3. The van der Waals surface area contributed by atoms with Crippen molar-refractivity contribution in [1.29, 1.82) is 5.26 Å². The van der Waals surface area contributed by atoms with Crippen LogP contribution in [0.4, 0.5) is 0 Å². The van der Waals surface area contributed by atoms with E-state index in [-0.39, 0.29) is 5.56 Å². The Morgan fingerprint density at radius 1 is 1.26 bits per heavy atom. The molecule has 5 heteroatoms. The van der Waals surface area contributed by atoms with Crippen LogP contribution >= 0.6 is 27.7 Å². The lowest BCUT2D eigenvalue weighted by Crippen LogP contribution is -1.95. The molecule has 1 N–H and O–H groups in total. The Kier molecular flexibility index (Phi) is 4.25. The van der Waals surface area contributed by atoms with Crippen molar-refractivity contribution in [2.45, 2.75) is 9.79 Å². The number of hydrogen-bond donors (Lipinski definition) is 1. The normalized spacial score (nSPS) is 9.89. The van der Waals surface area contributed by atoms with Gasteiger partial charge in [-0.25, -0.2) is 4.79 Å². The van der Waals surface area contributed by atoms with E-state index in [2.05, 4.69) is 22.0 Å². The third-order valence-electron chi connectivity index (χ3n) is 2.37. The molecule has 0 radical (unpaired) electrons. The number of halogens is 1. The number of hydrogen-bond acceptors (Lipinski definition) is 3. The fourth-order valence-corrected chi connectivity index (χ4v) is 3.00. The maximum absolute atomic E-state index is 10.9. The highest BCUT2D eigenvalue weighted by Crippen LogP contribution is 2.32. The van der Waals surface area contributed by atoms with E-state index in [0.29, 0.717) is 5.56 Å². The predicted molar refractivity (Wildman–Crippen MR) is 76.4 cm³/mol. The van der Waals surface area contributed by atoms with Crippen molar-refractivity contribution in [2.75, 3.05) is 0 Å². The standard InChI is InChI=1S/C14H8BrNO2S/c15-11-5-4-10(8-16)13(7-11)19-12-3-1-2-9(6-12)14(17)18/h1-7H,(H,17,18). The quantitative estimate of drug-likeness (QED) is 0.915. The molecule has 0 bridgehead atoms. The van der Waals surface area contributed by atoms with Gasteiger partial charge >= 0.3 is 5.97 Å². The smallest absolute Gasteiger partial charge is 0.335 e. The summed E-state index contributed by atoms with van der Waals surface area (Å²) < 4.78 is 0.878. The molecule has 2 aromatic rings. The van der Waals surface area contributed by atoms with Crippen molar-refractivity contribution in [3.63, 3.8) is 0 Å². The second-order valence-electron chi connectivity index (χ2n) is 3.69. The summed E-state index contributed by atoms with van der Waals surface area (Å²) in [6.07, 6.45) is 0. The van der Waals surface area contributed by atoms with Crippen LogP contribution in [0.15, 0.2) is 56.7 Å². The van der Waals surface area contributed by atoms with Crippen LogP contribution in [-0.4, -0.2) is 11.1 Å². The number of carboxylic acid groups (broad SMARTS) is 1. The monoisotopic (exact) mass is 333 g/mol. The molecule has 0 amide bonds.